The van der Waals surface area contributed by atoms with E-state index in [1.165, 1.54) is 6.92 Å². The van der Waals surface area contributed by atoms with Gasteiger partial charge < -0.3 is 52.5 Å². The predicted molar refractivity (Wildman–Crippen MR) is 223 cm³/mol. The lowest BCUT2D eigenvalue weighted by Gasteiger charge is -2.50. The van der Waals surface area contributed by atoms with Crippen molar-refractivity contribution in [1.29, 1.82) is 0 Å². The zero-order valence-electron chi connectivity index (χ0n) is 35.6. The van der Waals surface area contributed by atoms with Gasteiger partial charge in [-0.25, -0.2) is 0 Å². The Morgan fingerprint density at radius 2 is 0.794 bits per heavy atom. The van der Waals surface area contributed by atoms with Gasteiger partial charge in [-0.2, -0.15) is 0 Å². The summed E-state index contributed by atoms with van der Waals surface area (Å²) in [5.74, 6) is -3.10. The third-order valence-electron chi connectivity index (χ3n) is 10.3. The van der Waals surface area contributed by atoms with Crippen molar-refractivity contribution in [2.45, 2.75) is 121 Å². The van der Waals surface area contributed by atoms with Gasteiger partial charge in [0.1, 0.15) is 49.3 Å². The van der Waals surface area contributed by atoms with Crippen molar-refractivity contribution >= 4 is 23.9 Å². The predicted octanol–water partition coefficient (Wildman–Crippen LogP) is 5.17. The van der Waals surface area contributed by atoms with Crippen LogP contribution in [0.1, 0.15) is 49.9 Å². The maximum atomic E-state index is 12.8. The second-order valence-electron chi connectivity index (χ2n) is 15.2. The molecule has 1 aliphatic carbocycles. The number of aliphatic hydroxyl groups excluding tert-OH is 1. The third kappa shape index (κ3) is 13.5. The number of benzene rings is 4. The quantitative estimate of drug-likeness (QED) is 0.0963. The summed E-state index contributed by atoms with van der Waals surface area (Å²) in [6.45, 7) is 4.37. The fraction of sp³-hybridized carbons (Fsp3) is 0.417. The minimum absolute atomic E-state index is 0.0306. The van der Waals surface area contributed by atoms with Gasteiger partial charge in [0.2, 0.25) is 0 Å². The Bertz CT molecular complexity index is 2040. The molecule has 0 amide bonds. The summed E-state index contributed by atoms with van der Waals surface area (Å²) in [5.41, 5.74) is 3.30. The highest BCUT2D eigenvalue weighted by Gasteiger charge is 2.58. The molecule has 4 aromatic rings. The molecule has 1 aliphatic heterocycles. The molecule has 1 saturated carbocycles. The molecule has 0 bridgehead atoms. The summed E-state index contributed by atoms with van der Waals surface area (Å²) in [7, 11) is 0. The van der Waals surface area contributed by atoms with Crippen molar-refractivity contribution in [3.8, 4) is 0 Å². The Hall–Kier alpha value is -5.52. The SMILES string of the molecule is CC(=O)OC[C@H]1O[C@H](O[C@@H]2[C@@H](O)[C@H](OCc3ccccc3)[C@@H](OCc3ccccc3)[C@@H](OCc3ccccc3)[C@@H]2OCc2ccccc2)[C@@H](OC(C)=O)[C@@H](OC(C)=O)[C@@H]1OC(C)=O. The maximum Gasteiger partial charge on any atom is 0.303 e. The van der Waals surface area contributed by atoms with Crippen LogP contribution in [-0.4, -0.2) is 103 Å². The van der Waals surface area contributed by atoms with E-state index in [0.717, 1.165) is 43.0 Å². The Morgan fingerprint density at radius 1 is 0.444 bits per heavy atom. The van der Waals surface area contributed by atoms with E-state index in [9.17, 15) is 24.3 Å². The molecule has 2 fully saturated rings. The van der Waals surface area contributed by atoms with Gasteiger partial charge in [0.25, 0.3) is 0 Å². The van der Waals surface area contributed by atoms with Crippen molar-refractivity contribution in [3.05, 3.63) is 144 Å². The van der Waals surface area contributed by atoms with Crippen LogP contribution in [-0.2, 0) is 93.0 Å². The molecule has 6 rings (SSSR count). The van der Waals surface area contributed by atoms with Crippen LogP contribution < -0.4 is 0 Å². The number of carbonyl (C=O) groups is 4. The molecule has 1 N–H and O–H groups in total. The van der Waals surface area contributed by atoms with Gasteiger partial charge in [0, 0.05) is 27.7 Å². The second kappa shape index (κ2) is 23.2. The fourth-order valence-electron chi connectivity index (χ4n) is 7.58. The van der Waals surface area contributed by atoms with Gasteiger partial charge in [-0.05, 0) is 22.3 Å². The van der Waals surface area contributed by atoms with Gasteiger partial charge in [0.05, 0.1) is 26.4 Å². The zero-order valence-corrected chi connectivity index (χ0v) is 35.6. The van der Waals surface area contributed by atoms with E-state index in [4.69, 9.17) is 47.4 Å². The Balaban J connectivity index is 1.46. The molecule has 63 heavy (non-hydrogen) atoms. The van der Waals surface area contributed by atoms with Crippen molar-refractivity contribution in [3.63, 3.8) is 0 Å². The van der Waals surface area contributed by atoms with Crippen LogP contribution in [0.5, 0.6) is 0 Å². The van der Waals surface area contributed by atoms with Gasteiger partial charge in [-0.3, -0.25) is 19.2 Å². The van der Waals surface area contributed by atoms with Crippen LogP contribution in [0.3, 0.4) is 0 Å². The van der Waals surface area contributed by atoms with Crippen LogP contribution in [0.25, 0.3) is 0 Å². The van der Waals surface area contributed by atoms with E-state index < -0.39 is 97.8 Å². The van der Waals surface area contributed by atoms with Crippen LogP contribution in [0, 0.1) is 0 Å². The summed E-state index contributed by atoms with van der Waals surface area (Å²) < 4.78 is 62.3. The number of carbonyl (C=O) groups excluding carboxylic acids is 4. The van der Waals surface area contributed by atoms with Crippen molar-refractivity contribution < 1.29 is 71.7 Å². The van der Waals surface area contributed by atoms with Crippen LogP contribution in [0.4, 0.5) is 0 Å². The number of esters is 4. The molecule has 0 unspecified atom stereocenters. The number of rotatable bonds is 19. The van der Waals surface area contributed by atoms with Gasteiger partial charge in [-0.1, -0.05) is 121 Å². The molecule has 336 valence electrons. The monoisotopic (exact) mass is 870 g/mol. The van der Waals surface area contributed by atoms with Crippen molar-refractivity contribution in [1.82, 2.24) is 0 Å². The smallest absolute Gasteiger partial charge is 0.303 e. The molecule has 0 aromatic heterocycles. The van der Waals surface area contributed by atoms with Crippen molar-refractivity contribution in [2.75, 3.05) is 6.61 Å². The maximum absolute atomic E-state index is 12.8. The Kier molecular flexibility index (Phi) is 17.3. The minimum atomic E-state index is -1.67. The Morgan fingerprint density at radius 3 is 1.19 bits per heavy atom. The van der Waals surface area contributed by atoms with E-state index in [1.54, 1.807) is 0 Å². The van der Waals surface area contributed by atoms with E-state index in [-0.39, 0.29) is 26.4 Å². The molecule has 0 radical (unpaired) electrons. The van der Waals surface area contributed by atoms with E-state index >= 15 is 0 Å². The van der Waals surface area contributed by atoms with Gasteiger partial charge in [-0.15, -0.1) is 0 Å². The van der Waals surface area contributed by atoms with Crippen LogP contribution in [0.2, 0.25) is 0 Å². The third-order valence-corrected chi connectivity index (χ3v) is 10.3. The summed E-state index contributed by atoms with van der Waals surface area (Å²) in [6, 6.07) is 37.7. The molecular weight excluding hydrogens is 817 g/mol. The molecule has 0 spiro atoms. The minimum Gasteiger partial charge on any atom is -0.463 e. The summed E-state index contributed by atoms with van der Waals surface area (Å²) >= 11 is 0. The standard InChI is InChI=1S/C48H54O15/c1-30(49)54-29-38-40(59-31(2)50)46(60-32(3)51)47(61-33(4)52)48(62-38)63-42-39(53)41(55-25-34-17-9-5-10-18-34)43(56-26-35-19-11-6-12-20-35)45(58-28-37-23-15-8-16-24-37)44(42)57-27-36-21-13-7-14-22-36/h5-24,38-48,53H,25-29H2,1-4H3/t38-,39+,40-,41+,42-,43-,44-,45-,46+,47+,48-/m1/s1. The summed E-state index contributed by atoms with van der Waals surface area (Å²) in [6.07, 6.45) is -14.8. The first-order valence-corrected chi connectivity index (χ1v) is 20.7. The largest absolute Gasteiger partial charge is 0.463 e. The highest BCUT2D eigenvalue weighted by atomic mass is 16.7. The number of hydrogen-bond acceptors (Lipinski definition) is 15. The first kappa shape index (κ1) is 47.0. The lowest BCUT2D eigenvalue weighted by Crippen LogP contribution is -2.69. The molecule has 15 nitrogen and oxygen atoms in total. The van der Waals surface area contributed by atoms with E-state index in [1.807, 2.05) is 121 Å². The first-order chi connectivity index (χ1) is 30.5. The molecule has 4 aromatic carbocycles. The lowest BCUT2D eigenvalue weighted by atomic mass is 9.83. The van der Waals surface area contributed by atoms with E-state index in [0.29, 0.717) is 0 Å². The number of hydrogen-bond donors (Lipinski definition) is 1. The van der Waals surface area contributed by atoms with E-state index in [2.05, 4.69) is 0 Å². The molecule has 1 saturated heterocycles. The summed E-state index contributed by atoms with van der Waals surface area (Å²) in [4.78, 5) is 50.0. The van der Waals surface area contributed by atoms with Crippen LogP contribution in [0.15, 0.2) is 121 Å². The highest BCUT2D eigenvalue weighted by Crippen LogP contribution is 2.38. The molecule has 2 aliphatic rings. The summed E-state index contributed by atoms with van der Waals surface area (Å²) in [5, 5.41) is 12.7. The van der Waals surface area contributed by atoms with Crippen molar-refractivity contribution in [2.24, 2.45) is 0 Å². The molecule has 15 heteroatoms. The second-order valence-corrected chi connectivity index (χ2v) is 15.2. The fourth-order valence-corrected chi connectivity index (χ4v) is 7.58. The van der Waals surface area contributed by atoms with Crippen LogP contribution >= 0.6 is 0 Å². The van der Waals surface area contributed by atoms with Gasteiger partial charge in [0.15, 0.2) is 24.6 Å². The molecular formula is C48H54O15. The Labute approximate surface area is 366 Å². The highest BCUT2D eigenvalue weighted by molar-refractivity contribution is 5.68. The normalized spacial score (nSPS) is 26.8. The molecule has 11 atom stereocenters. The average Bonchev–Trinajstić information content (AvgIpc) is 3.27. The zero-order chi connectivity index (χ0) is 44.7. The number of aliphatic hydroxyl groups is 1. The first-order valence-electron chi connectivity index (χ1n) is 20.7. The topological polar surface area (TPSA) is 181 Å². The lowest BCUT2D eigenvalue weighted by molar-refractivity contribution is -0.351. The number of ether oxygens (including phenoxy) is 10. The van der Waals surface area contributed by atoms with Gasteiger partial charge >= 0.3 is 23.9 Å². The molecule has 1 heterocycles. The average molecular weight is 871 g/mol.